The Bertz CT molecular complexity index is 996. The van der Waals surface area contributed by atoms with Gasteiger partial charge in [0.25, 0.3) is 11.1 Å². The predicted molar refractivity (Wildman–Crippen MR) is 106 cm³/mol. The molecule has 9 heteroatoms. The van der Waals surface area contributed by atoms with Crippen molar-refractivity contribution in [3.8, 4) is 5.75 Å². The minimum absolute atomic E-state index is 0.171. The Labute approximate surface area is 169 Å². The summed E-state index contributed by atoms with van der Waals surface area (Å²) in [7, 11) is 1.49. The van der Waals surface area contributed by atoms with Gasteiger partial charge in [-0.3, -0.25) is 19.3 Å². The van der Waals surface area contributed by atoms with Gasteiger partial charge >= 0.3 is 0 Å². The zero-order valence-electron chi connectivity index (χ0n) is 14.6. The van der Waals surface area contributed by atoms with Crippen LogP contribution < -0.4 is 10.1 Å². The van der Waals surface area contributed by atoms with Crippen LogP contribution in [0.5, 0.6) is 5.75 Å². The number of benzene rings is 2. The van der Waals surface area contributed by atoms with Crippen LogP contribution in [0.1, 0.15) is 5.56 Å². The van der Waals surface area contributed by atoms with E-state index in [1.807, 2.05) is 0 Å². The summed E-state index contributed by atoms with van der Waals surface area (Å²) in [5.74, 6) is -1.22. The molecule has 2 aromatic rings. The maximum atomic E-state index is 13.2. The quantitative estimate of drug-likeness (QED) is 0.735. The van der Waals surface area contributed by atoms with Gasteiger partial charge in [0.15, 0.2) is 0 Å². The molecule has 3 rings (SSSR count). The van der Waals surface area contributed by atoms with Crippen molar-refractivity contribution in [3.05, 3.63) is 63.8 Å². The van der Waals surface area contributed by atoms with E-state index in [-0.39, 0.29) is 10.6 Å². The van der Waals surface area contributed by atoms with E-state index in [0.717, 1.165) is 22.7 Å². The van der Waals surface area contributed by atoms with Gasteiger partial charge in [0, 0.05) is 5.69 Å². The molecular weight excluding hydrogens is 407 g/mol. The summed E-state index contributed by atoms with van der Waals surface area (Å²) in [5, 5.41) is 2.25. The molecule has 1 N–H and O–H groups in total. The van der Waals surface area contributed by atoms with Crippen LogP contribution in [0.4, 0.5) is 14.9 Å². The van der Waals surface area contributed by atoms with Crippen LogP contribution in [0.15, 0.2) is 47.4 Å². The largest absolute Gasteiger partial charge is 0.495 e. The van der Waals surface area contributed by atoms with Crippen LogP contribution in [-0.4, -0.2) is 35.6 Å². The fourth-order valence-electron chi connectivity index (χ4n) is 2.47. The Morgan fingerprint density at radius 1 is 1.29 bits per heavy atom. The van der Waals surface area contributed by atoms with Gasteiger partial charge in [0.05, 0.1) is 17.0 Å². The first kappa shape index (κ1) is 19.9. The highest BCUT2D eigenvalue weighted by molar-refractivity contribution is 8.18. The Kier molecular flexibility index (Phi) is 6.01. The van der Waals surface area contributed by atoms with E-state index >= 15 is 0 Å². The molecule has 0 radical (unpaired) electrons. The van der Waals surface area contributed by atoms with Gasteiger partial charge in [-0.05, 0) is 53.7 Å². The topological polar surface area (TPSA) is 75.7 Å². The Morgan fingerprint density at radius 2 is 2.07 bits per heavy atom. The molecule has 0 saturated carbocycles. The van der Waals surface area contributed by atoms with Crippen molar-refractivity contribution in [3.63, 3.8) is 0 Å². The van der Waals surface area contributed by atoms with Crippen LogP contribution >= 0.6 is 23.4 Å². The maximum Gasteiger partial charge on any atom is 0.294 e. The van der Waals surface area contributed by atoms with E-state index in [9.17, 15) is 18.8 Å². The lowest BCUT2D eigenvalue weighted by Crippen LogP contribution is -2.36. The molecule has 1 aliphatic rings. The van der Waals surface area contributed by atoms with Crippen LogP contribution in [0.2, 0.25) is 5.02 Å². The van der Waals surface area contributed by atoms with Gasteiger partial charge in [0.2, 0.25) is 5.91 Å². The third-order valence-electron chi connectivity index (χ3n) is 3.76. The van der Waals surface area contributed by atoms with E-state index in [1.165, 1.54) is 31.4 Å². The number of imide groups is 1. The molecule has 2 aromatic carbocycles. The second kappa shape index (κ2) is 8.45. The van der Waals surface area contributed by atoms with E-state index in [0.29, 0.717) is 16.3 Å². The number of hydrogen-bond donors (Lipinski definition) is 1. The second-order valence-electron chi connectivity index (χ2n) is 5.72. The molecule has 1 heterocycles. The van der Waals surface area contributed by atoms with Gasteiger partial charge in [-0.1, -0.05) is 23.7 Å². The van der Waals surface area contributed by atoms with Crippen molar-refractivity contribution in [2.75, 3.05) is 19.0 Å². The molecule has 3 amide bonds. The van der Waals surface area contributed by atoms with E-state index in [4.69, 9.17) is 16.3 Å². The fourth-order valence-corrected chi connectivity index (χ4v) is 3.57. The predicted octanol–water partition coefficient (Wildman–Crippen LogP) is 4.16. The van der Waals surface area contributed by atoms with Crippen molar-refractivity contribution in [2.45, 2.75) is 0 Å². The van der Waals surface area contributed by atoms with Gasteiger partial charge < -0.3 is 10.1 Å². The first-order valence-corrected chi connectivity index (χ1v) is 9.21. The third-order valence-corrected chi connectivity index (χ3v) is 4.96. The Hall–Kier alpha value is -2.84. The number of anilines is 1. The summed E-state index contributed by atoms with van der Waals surface area (Å²) in [4.78, 5) is 37.7. The van der Waals surface area contributed by atoms with E-state index in [1.54, 1.807) is 18.2 Å². The zero-order chi connectivity index (χ0) is 20.3. The number of halogens is 2. The third kappa shape index (κ3) is 4.52. The van der Waals surface area contributed by atoms with Gasteiger partial charge in [0.1, 0.15) is 18.1 Å². The summed E-state index contributed by atoms with van der Waals surface area (Å²) < 4.78 is 18.3. The van der Waals surface area contributed by atoms with Gasteiger partial charge in [-0.2, -0.15) is 0 Å². The molecule has 1 saturated heterocycles. The van der Waals surface area contributed by atoms with Gasteiger partial charge in [-0.15, -0.1) is 0 Å². The average Bonchev–Trinajstić information content (AvgIpc) is 2.89. The summed E-state index contributed by atoms with van der Waals surface area (Å²) >= 11 is 6.79. The normalized spacial score (nSPS) is 15.2. The SMILES string of the molecule is COc1ccc(/C=C2/SC(=O)N(CC(=O)Nc3cccc(F)c3)C2=O)cc1Cl. The number of amides is 3. The molecule has 6 nitrogen and oxygen atoms in total. The van der Waals surface area contributed by atoms with Gasteiger partial charge in [-0.25, -0.2) is 4.39 Å². The van der Waals surface area contributed by atoms with Crippen molar-refractivity contribution in [1.82, 2.24) is 4.90 Å². The molecule has 0 bridgehead atoms. The minimum atomic E-state index is -0.610. The lowest BCUT2D eigenvalue weighted by Gasteiger charge is -2.12. The number of carbonyl (C=O) groups excluding carboxylic acids is 3. The fraction of sp³-hybridized carbons (Fsp3) is 0.105. The molecule has 144 valence electrons. The zero-order valence-corrected chi connectivity index (χ0v) is 16.1. The summed E-state index contributed by atoms with van der Waals surface area (Å²) in [5.41, 5.74) is 0.848. The lowest BCUT2D eigenvalue weighted by atomic mass is 10.2. The summed E-state index contributed by atoms with van der Waals surface area (Å²) in [6.45, 7) is -0.470. The number of rotatable bonds is 5. The maximum absolute atomic E-state index is 13.2. The van der Waals surface area contributed by atoms with Crippen molar-refractivity contribution in [2.24, 2.45) is 0 Å². The Morgan fingerprint density at radius 3 is 2.75 bits per heavy atom. The first-order chi connectivity index (χ1) is 13.4. The highest BCUT2D eigenvalue weighted by Crippen LogP contribution is 2.33. The van der Waals surface area contributed by atoms with Crippen LogP contribution in [0, 0.1) is 5.82 Å². The molecule has 0 spiro atoms. The summed E-state index contributed by atoms with van der Waals surface area (Å²) in [6.07, 6.45) is 1.51. The first-order valence-electron chi connectivity index (χ1n) is 8.01. The Balaban J connectivity index is 1.71. The van der Waals surface area contributed by atoms with Crippen molar-refractivity contribution in [1.29, 1.82) is 0 Å². The molecule has 1 fully saturated rings. The number of thioether (sulfide) groups is 1. The molecule has 0 unspecified atom stereocenters. The molecule has 0 atom stereocenters. The molecule has 0 aliphatic carbocycles. The van der Waals surface area contributed by atoms with Crippen molar-refractivity contribution >= 4 is 52.2 Å². The number of ether oxygens (including phenoxy) is 1. The van der Waals surface area contributed by atoms with E-state index < -0.39 is 29.4 Å². The second-order valence-corrected chi connectivity index (χ2v) is 7.12. The highest BCUT2D eigenvalue weighted by Gasteiger charge is 2.36. The number of nitrogens with one attached hydrogen (secondary N) is 1. The molecular formula is C19H14ClFN2O4S. The number of hydrogen-bond acceptors (Lipinski definition) is 5. The van der Waals surface area contributed by atoms with Crippen LogP contribution in [0.3, 0.4) is 0 Å². The number of methoxy groups -OCH3 is 1. The lowest BCUT2D eigenvalue weighted by molar-refractivity contribution is -0.127. The minimum Gasteiger partial charge on any atom is -0.495 e. The van der Waals surface area contributed by atoms with Crippen LogP contribution in [0.25, 0.3) is 6.08 Å². The number of nitrogens with zero attached hydrogens (tertiary/aromatic N) is 1. The van der Waals surface area contributed by atoms with E-state index in [2.05, 4.69) is 5.32 Å². The number of carbonyl (C=O) groups is 3. The summed E-state index contributed by atoms with van der Waals surface area (Å²) in [6, 6.07) is 10.3. The smallest absolute Gasteiger partial charge is 0.294 e. The highest BCUT2D eigenvalue weighted by atomic mass is 35.5. The molecule has 0 aromatic heterocycles. The van der Waals surface area contributed by atoms with Crippen molar-refractivity contribution < 1.29 is 23.5 Å². The molecule has 28 heavy (non-hydrogen) atoms. The van der Waals surface area contributed by atoms with Crippen LogP contribution in [-0.2, 0) is 9.59 Å². The molecule has 1 aliphatic heterocycles. The average molecular weight is 421 g/mol. The monoisotopic (exact) mass is 420 g/mol. The standard InChI is InChI=1S/C19H14ClFN2O4S/c1-27-15-6-5-11(7-14(15)20)8-16-18(25)23(19(26)28-16)10-17(24)22-13-4-2-3-12(21)9-13/h2-9H,10H2,1H3,(H,22,24)/b16-8+.